The summed E-state index contributed by atoms with van der Waals surface area (Å²) in [6.45, 7) is 2.90. The molecule has 8 heteroatoms. The van der Waals surface area contributed by atoms with Crippen LogP contribution in [-0.2, 0) is 14.3 Å². The number of carbonyl (C=O) groups is 2. The molecule has 1 N–H and O–H groups in total. The van der Waals surface area contributed by atoms with Crippen LogP contribution in [0.4, 0.5) is 13.2 Å². The summed E-state index contributed by atoms with van der Waals surface area (Å²) < 4.78 is 41.1. The number of hydrogen-bond acceptors (Lipinski definition) is 3. The topological polar surface area (TPSA) is 55.4 Å². The molecule has 0 aromatic carbocycles. The van der Waals surface area contributed by atoms with Crippen LogP contribution < -0.4 is 5.32 Å². The molecule has 0 saturated heterocycles. The first-order valence-corrected chi connectivity index (χ1v) is 5.31. The molecule has 4 nitrogen and oxygen atoms in total. The molecule has 1 amide bonds. The Morgan fingerprint density at radius 1 is 1.33 bits per heavy atom. The molecule has 0 aromatic rings. The van der Waals surface area contributed by atoms with Crippen molar-refractivity contribution < 1.29 is 27.5 Å². The molecule has 0 aromatic heterocycles. The number of carbonyl (C=O) groups excluding carboxylic acids is 2. The van der Waals surface area contributed by atoms with E-state index in [1.807, 2.05) is 0 Å². The maximum Gasteiger partial charge on any atom is 0.471 e. The van der Waals surface area contributed by atoms with E-state index in [0.29, 0.717) is 0 Å². The van der Waals surface area contributed by atoms with Gasteiger partial charge in [0.15, 0.2) is 5.54 Å². The number of ether oxygens (including phenoxy) is 1. The zero-order valence-corrected chi connectivity index (χ0v) is 10.7. The van der Waals surface area contributed by atoms with Crippen LogP contribution in [-0.4, -0.2) is 30.7 Å². The van der Waals surface area contributed by atoms with Gasteiger partial charge >= 0.3 is 18.1 Å². The number of hydrogen-bond donors (Lipinski definition) is 1. The maximum absolute atomic E-state index is 12.2. The highest BCUT2D eigenvalue weighted by Crippen LogP contribution is 2.24. The summed E-state index contributed by atoms with van der Waals surface area (Å²) >= 11 is 5.31. The highest BCUT2D eigenvalue weighted by molar-refractivity contribution is 6.25. The summed E-state index contributed by atoms with van der Waals surface area (Å²) in [5, 5.41) is 1.61. The highest BCUT2D eigenvalue weighted by Gasteiger charge is 2.48. The quantitative estimate of drug-likeness (QED) is 0.805. The van der Waals surface area contributed by atoms with Crippen molar-refractivity contribution in [3.63, 3.8) is 0 Å². The number of halogens is 4. The second kappa shape index (κ2) is 6.08. The zero-order chi connectivity index (χ0) is 14.6. The molecule has 0 fully saturated rings. The molecular formula is C10H13ClF3NO3. The lowest BCUT2D eigenvalue weighted by Gasteiger charge is -2.32. The van der Waals surface area contributed by atoms with Crippen LogP contribution in [0.2, 0.25) is 0 Å². The Bertz CT molecular complexity index is 355. The van der Waals surface area contributed by atoms with Crippen molar-refractivity contribution in [2.45, 2.75) is 25.6 Å². The normalized spacial score (nSPS) is 15.6. The minimum absolute atomic E-state index is 0.689. The molecule has 1 atom stereocenters. The predicted molar refractivity (Wildman–Crippen MR) is 58.8 cm³/mol. The highest BCUT2D eigenvalue weighted by atomic mass is 35.5. The first kappa shape index (κ1) is 16.8. The SMILES string of the molecule is COC(=O)C(/C=C/Cl)(NC(=O)C(F)(F)F)C(C)C. The standard InChI is InChI=1S/C10H13ClF3NO3/c1-6(2)9(4-5-11,8(17)18-3)15-7(16)10(12,13)14/h4-6H,1-3H3,(H,15,16)/b5-4+. The molecule has 0 saturated carbocycles. The summed E-state index contributed by atoms with van der Waals surface area (Å²) in [7, 11) is 1.00. The van der Waals surface area contributed by atoms with Crippen molar-refractivity contribution in [3.05, 3.63) is 11.6 Å². The van der Waals surface area contributed by atoms with Gasteiger partial charge in [0, 0.05) is 5.54 Å². The molecule has 0 radical (unpaired) electrons. The summed E-state index contributed by atoms with van der Waals surface area (Å²) in [4.78, 5) is 22.6. The first-order chi connectivity index (χ1) is 8.11. The third kappa shape index (κ3) is 3.63. The smallest absolute Gasteiger partial charge is 0.467 e. The van der Waals surface area contributed by atoms with Gasteiger partial charge in [-0.3, -0.25) is 4.79 Å². The fraction of sp³-hybridized carbons (Fsp3) is 0.600. The molecule has 0 bridgehead atoms. The monoisotopic (exact) mass is 287 g/mol. The molecule has 104 valence electrons. The second-order valence-electron chi connectivity index (χ2n) is 3.76. The Hall–Kier alpha value is -1.24. The molecule has 0 aliphatic heterocycles. The van der Waals surface area contributed by atoms with Crippen LogP contribution in [0.25, 0.3) is 0 Å². The Morgan fingerprint density at radius 3 is 2.11 bits per heavy atom. The number of methoxy groups -OCH3 is 1. The summed E-state index contributed by atoms with van der Waals surface area (Å²) in [6.07, 6.45) is -4.15. The summed E-state index contributed by atoms with van der Waals surface area (Å²) in [6, 6.07) is 0. The molecule has 0 spiro atoms. The van der Waals surface area contributed by atoms with E-state index < -0.39 is 29.5 Å². The van der Waals surface area contributed by atoms with Gasteiger partial charge in [0.25, 0.3) is 0 Å². The Kier molecular flexibility index (Phi) is 5.66. The van der Waals surface area contributed by atoms with Crippen molar-refractivity contribution in [1.82, 2.24) is 5.32 Å². The van der Waals surface area contributed by atoms with Crippen LogP contribution in [0.1, 0.15) is 13.8 Å². The van der Waals surface area contributed by atoms with E-state index in [9.17, 15) is 22.8 Å². The largest absolute Gasteiger partial charge is 0.471 e. The zero-order valence-electron chi connectivity index (χ0n) is 9.97. The Balaban J connectivity index is 5.47. The van der Waals surface area contributed by atoms with Gasteiger partial charge in [-0.1, -0.05) is 25.4 Å². The van der Waals surface area contributed by atoms with Crippen LogP contribution in [0.15, 0.2) is 11.6 Å². The van der Waals surface area contributed by atoms with Gasteiger partial charge in [-0.2, -0.15) is 13.2 Å². The van der Waals surface area contributed by atoms with Gasteiger partial charge in [-0.25, -0.2) is 4.79 Å². The minimum Gasteiger partial charge on any atom is -0.467 e. The number of esters is 1. The van der Waals surface area contributed by atoms with Crippen LogP contribution in [0.5, 0.6) is 0 Å². The van der Waals surface area contributed by atoms with E-state index in [0.717, 1.165) is 18.7 Å². The maximum atomic E-state index is 12.2. The predicted octanol–water partition coefficient (Wildman–Crippen LogP) is 1.99. The van der Waals surface area contributed by atoms with Crippen LogP contribution >= 0.6 is 11.6 Å². The van der Waals surface area contributed by atoms with Crippen molar-refractivity contribution in [1.29, 1.82) is 0 Å². The fourth-order valence-corrected chi connectivity index (χ4v) is 1.46. The number of alkyl halides is 3. The van der Waals surface area contributed by atoms with Crippen molar-refractivity contribution in [3.8, 4) is 0 Å². The molecule has 0 rings (SSSR count). The van der Waals surface area contributed by atoms with E-state index >= 15 is 0 Å². The number of amides is 1. The van der Waals surface area contributed by atoms with Crippen LogP contribution in [0, 0.1) is 5.92 Å². The van der Waals surface area contributed by atoms with Crippen LogP contribution in [0.3, 0.4) is 0 Å². The third-order valence-electron chi connectivity index (χ3n) is 2.34. The van der Waals surface area contributed by atoms with E-state index in [2.05, 4.69) is 4.74 Å². The average molecular weight is 288 g/mol. The second-order valence-corrected chi connectivity index (χ2v) is 4.01. The Labute approximate surface area is 107 Å². The third-order valence-corrected chi connectivity index (χ3v) is 2.46. The van der Waals surface area contributed by atoms with Gasteiger partial charge in [-0.15, -0.1) is 0 Å². The number of nitrogens with one attached hydrogen (secondary N) is 1. The van der Waals surface area contributed by atoms with E-state index in [1.165, 1.54) is 13.8 Å². The average Bonchev–Trinajstić information content (AvgIpc) is 2.25. The van der Waals surface area contributed by atoms with Gasteiger partial charge in [-0.05, 0) is 12.0 Å². The summed E-state index contributed by atoms with van der Waals surface area (Å²) in [5.41, 5.74) is -1.10. The molecular weight excluding hydrogens is 275 g/mol. The van der Waals surface area contributed by atoms with Gasteiger partial charge in [0.2, 0.25) is 0 Å². The molecule has 1 unspecified atom stereocenters. The van der Waals surface area contributed by atoms with Crippen molar-refractivity contribution >= 4 is 23.5 Å². The van der Waals surface area contributed by atoms with E-state index in [1.54, 1.807) is 5.32 Å². The summed E-state index contributed by atoms with van der Waals surface area (Å²) in [5.74, 6) is -3.96. The lowest BCUT2D eigenvalue weighted by molar-refractivity contribution is -0.178. The molecule has 0 aliphatic carbocycles. The fourth-order valence-electron chi connectivity index (χ4n) is 1.26. The molecule has 18 heavy (non-hydrogen) atoms. The lowest BCUT2D eigenvalue weighted by atomic mass is 9.86. The van der Waals surface area contributed by atoms with E-state index in [4.69, 9.17) is 11.6 Å². The number of rotatable bonds is 4. The van der Waals surface area contributed by atoms with Crippen molar-refractivity contribution in [2.24, 2.45) is 5.92 Å². The van der Waals surface area contributed by atoms with Gasteiger partial charge in [0.05, 0.1) is 7.11 Å². The van der Waals surface area contributed by atoms with E-state index in [-0.39, 0.29) is 0 Å². The van der Waals surface area contributed by atoms with Gasteiger partial charge in [0.1, 0.15) is 0 Å². The first-order valence-electron chi connectivity index (χ1n) is 4.87. The molecule has 0 aliphatic rings. The van der Waals surface area contributed by atoms with Gasteiger partial charge < -0.3 is 10.1 Å². The minimum atomic E-state index is -5.10. The van der Waals surface area contributed by atoms with Crippen molar-refractivity contribution in [2.75, 3.05) is 7.11 Å². The lowest BCUT2D eigenvalue weighted by Crippen LogP contribution is -2.60. The Morgan fingerprint density at radius 2 is 1.83 bits per heavy atom. The molecule has 0 heterocycles.